The van der Waals surface area contributed by atoms with Crippen molar-refractivity contribution in [2.24, 2.45) is 0 Å². The molecule has 0 saturated heterocycles. The fraction of sp³-hybridized carbons (Fsp3) is 0. The summed E-state index contributed by atoms with van der Waals surface area (Å²) in [6.07, 6.45) is 5.41. The summed E-state index contributed by atoms with van der Waals surface area (Å²) in [7, 11) is 0. The van der Waals surface area contributed by atoms with Crippen molar-refractivity contribution in [2.45, 2.75) is 0 Å². The highest BCUT2D eigenvalue weighted by molar-refractivity contribution is 5.68. The van der Waals surface area contributed by atoms with Gasteiger partial charge in [0.2, 0.25) is 0 Å². The largest absolute Gasteiger partial charge is 0.283 e. The average Bonchev–Trinajstić information content (AvgIpc) is 2.89. The number of fused-ring (bicyclic) bond motifs is 1. The summed E-state index contributed by atoms with van der Waals surface area (Å²) in [5, 5.41) is 18.8. The number of non-ortho nitro benzene ring substituents is 1. The van der Waals surface area contributed by atoms with Crippen LogP contribution in [0.15, 0.2) is 48.7 Å². The molecule has 0 aliphatic rings. The van der Waals surface area contributed by atoms with E-state index in [-0.39, 0.29) is 5.69 Å². The number of nitro benzene ring substituents is 1. The minimum absolute atomic E-state index is 0.0678. The number of pyridine rings is 1. The van der Waals surface area contributed by atoms with Gasteiger partial charge in [-0.1, -0.05) is 24.3 Å². The van der Waals surface area contributed by atoms with E-state index in [2.05, 4.69) is 10.2 Å². The van der Waals surface area contributed by atoms with Gasteiger partial charge in [-0.2, -0.15) is 0 Å². The highest BCUT2D eigenvalue weighted by atomic mass is 16.6. The molecule has 3 rings (SSSR count). The van der Waals surface area contributed by atoms with Gasteiger partial charge >= 0.3 is 0 Å². The highest BCUT2D eigenvalue weighted by Crippen LogP contribution is 2.15. The van der Waals surface area contributed by atoms with Crippen LogP contribution in [0.25, 0.3) is 17.8 Å². The molecule has 0 spiro atoms. The number of aromatic nitrogens is 3. The van der Waals surface area contributed by atoms with Crippen LogP contribution in [0, 0.1) is 10.1 Å². The maximum Gasteiger partial charge on any atom is 0.270 e. The molecular formula is C14H10N4O2. The first-order valence-corrected chi connectivity index (χ1v) is 5.96. The van der Waals surface area contributed by atoms with Crippen molar-refractivity contribution in [3.63, 3.8) is 0 Å². The van der Waals surface area contributed by atoms with Crippen LogP contribution in [0.1, 0.15) is 11.4 Å². The lowest BCUT2D eigenvalue weighted by atomic mass is 10.2. The molecule has 2 heterocycles. The zero-order valence-electron chi connectivity index (χ0n) is 10.4. The molecule has 2 aromatic heterocycles. The first kappa shape index (κ1) is 12.0. The zero-order valence-corrected chi connectivity index (χ0v) is 10.4. The van der Waals surface area contributed by atoms with E-state index in [1.165, 1.54) is 12.1 Å². The summed E-state index contributed by atoms with van der Waals surface area (Å²) in [6.45, 7) is 0. The maximum atomic E-state index is 10.7. The van der Waals surface area contributed by atoms with E-state index in [0.717, 1.165) is 11.2 Å². The van der Waals surface area contributed by atoms with Crippen LogP contribution in [0.5, 0.6) is 0 Å². The lowest BCUT2D eigenvalue weighted by Crippen LogP contribution is -1.88. The Morgan fingerprint density at radius 2 is 2.00 bits per heavy atom. The number of benzene rings is 1. The molecule has 0 amide bonds. The van der Waals surface area contributed by atoms with Gasteiger partial charge in [0.15, 0.2) is 11.5 Å². The number of rotatable bonds is 3. The van der Waals surface area contributed by atoms with Crippen molar-refractivity contribution in [3.8, 4) is 0 Å². The lowest BCUT2D eigenvalue weighted by molar-refractivity contribution is -0.384. The van der Waals surface area contributed by atoms with Gasteiger partial charge in [-0.25, -0.2) is 0 Å². The fourth-order valence-corrected chi connectivity index (χ4v) is 1.89. The van der Waals surface area contributed by atoms with Crippen molar-refractivity contribution in [2.75, 3.05) is 0 Å². The molecule has 3 aromatic rings. The standard InChI is InChI=1S/C14H10N4O2/c19-18(20)12-5-3-4-11(10-12)7-8-14-16-15-13-6-1-2-9-17(13)14/h1-10H. The molecule has 0 radical (unpaired) electrons. The molecule has 1 aromatic carbocycles. The van der Waals surface area contributed by atoms with E-state index in [4.69, 9.17) is 0 Å². The molecular weight excluding hydrogens is 256 g/mol. The second-order valence-electron chi connectivity index (χ2n) is 4.17. The molecule has 0 atom stereocenters. The average molecular weight is 266 g/mol. The van der Waals surface area contributed by atoms with E-state index < -0.39 is 4.92 Å². The van der Waals surface area contributed by atoms with Gasteiger partial charge < -0.3 is 0 Å². The second kappa shape index (κ2) is 4.93. The van der Waals surface area contributed by atoms with Crippen LogP contribution in [0.3, 0.4) is 0 Å². The third-order valence-corrected chi connectivity index (χ3v) is 2.85. The molecule has 6 nitrogen and oxygen atoms in total. The predicted molar refractivity (Wildman–Crippen MR) is 75.0 cm³/mol. The Morgan fingerprint density at radius 3 is 2.85 bits per heavy atom. The second-order valence-corrected chi connectivity index (χ2v) is 4.17. The maximum absolute atomic E-state index is 10.7. The van der Waals surface area contributed by atoms with Crippen LogP contribution < -0.4 is 0 Å². The van der Waals surface area contributed by atoms with Gasteiger partial charge in [-0.3, -0.25) is 14.5 Å². The van der Waals surface area contributed by atoms with Gasteiger partial charge in [0.1, 0.15) is 0 Å². The Kier molecular flexibility index (Phi) is 2.96. The van der Waals surface area contributed by atoms with Crippen molar-refractivity contribution < 1.29 is 4.92 Å². The van der Waals surface area contributed by atoms with Crippen molar-refractivity contribution in [1.82, 2.24) is 14.6 Å². The van der Waals surface area contributed by atoms with Crippen molar-refractivity contribution in [1.29, 1.82) is 0 Å². The summed E-state index contributed by atoms with van der Waals surface area (Å²) in [5.74, 6) is 0.673. The van der Waals surface area contributed by atoms with Crippen LogP contribution >= 0.6 is 0 Å². The van der Waals surface area contributed by atoms with Crippen LogP contribution in [-0.2, 0) is 0 Å². The molecule has 0 bridgehead atoms. The Balaban J connectivity index is 1.94. The van der Waals surface area contributed by atoms with Gasteiger partial charge in [-0.05, 0) is 23.8 Å². The third-order valence-electron chi connectivity index (χ3n) is 2.85. The fourth-order valence-electron chi connectivity index (χ4n) is 1.89. The Labute approximate surface area is 114 Å². The van der Waals surface area contributed by atoms with E-state index in [1.54, 1.807) is 24.3 Å². The minimum atomic E-state index is -0.413. The SMILES string of the molecule is O=[N+]([O-])c1cccc(C=Cc2nnc3ccccn23)c1. The number of nitrogens with zero attached hydrogens (tertiary/aromatic N) is 4. The summed E-state index contributed by atoms with van der Waals surface area (Å²) < 4.78 is 1.84. The third kappa shape index (κ3) is 2.26. The van der Waals surface area contributed by atoms with Crippen molar-refractivity contribution in [3.05, 3.63) is 70.2 Å². The number of hydrogen-bond donors (Lipinski definition) is 0. The summed E-state index contributed by atoms with van der Waals surface area (Å²) in [5.41, 5.74) is 1.57. The molecule has 0 unspecified atom stereocenters. The van der Waals surface area contributed by atoms with Gasteiger partial charge in [0, 0.05) is 18.3 Å². The van der Waals surface area contributed by atoms with Gasteiger partial charge in [0.25, 0.3) is 5.69 Å². The molecule has 0 aliphatic heterocycles. The van der Waals surface area contributed by atoms with Crippen LogP contribution in [0.4, 0.5) is 5.69 Å². The van der Waals surface area contributed by atoms with Gasteiger partial charge in [0.05, 0.1) is 4.92 Å². The van der Waals surface area contributed by atoms with Gasteiger partial charge in [-0.15, -0.1) is 10.2 Å². The molecule has 98 valence electrons. The molecule has 0 saturated carbocycles. The summed E-state index contributed by atoms with van der Waals surface area (Å²) >= 11 is 0. The minimum Gasteiger partial charge on any atom is -0.283 e. The summed E-state index contributed by atoms with van der Waals surface area (Å²) in [6, 6.07) is 12.1. The summed E-state index contributed by atoms with van der Waals surface area (Å²) in [4.78, 5) is 10.3. The molecule has 0 N–H and O–H groups in total. The zero-order chi connectivity index (χ0) is 13.9. The van der Waals surface area contributed by atoms with Crippen LogP contribution in [0.2, 0.25) is 0 Å². The molecule has 20 heavy (non-hydrogen) atoms. The number of hydrogen-bond acceptors (Lipinski definition) is 4. The predicted octanol–water partition coefficient (Wildman–Crippen LogP) is 2.81. The van der Waals surface area contributed by atoms with E-state index >= 15 is 0 Å². The lowest BCUT2D eigenvalue weighted by Gasteiger charge is -1.95. The monoisotopic (exact) mass is 266 g/mol. The first-order valence-electron chi connectivity index (χ1n) is 5.96. The van der Waals surface area contributed by atoms with E-state index in [0.29, 0.717) is 5.82 Å². The van der Waals surface area contributed by atoms with E-state index in [1.807, 2.05) is 28.8 Å². The Morgan fingerprint density at radius 1 is 1.10 bits per heavy atom. The normalized spacial score (nSPS) is 11.2. The molecule has 6 heteroatoms. The first-order chi connectivity index (χ1) is 9.74. The smallest absolute Gasteiger partial charge is 0.270 e. The number of nitro groups is 1. The topological polar surface area (TPSA) is 73.3 Å². The Hall–Kier alpha value is -3.02. The Bertz CT molecular complexity index is 808. The van der Waals surface area contributed by atoms with Crippen molar-refractivity contribution >= 4 is 23.5 Å². The van der Waals surface area contributed by atoms with Crippen LogP contribution in [-0.4, -0.2) is 19.5 Å². The molecule has 0 fully saturated rings. The molecule has 0 aliphatic carbocycles. The quantitative estimate of drug-likeness (QED) is 0.539. The van der Waals surface area contributed by atoms with E-state index in [9.17, 15) is 10.1 Å². The highest BCUT2D eigenvalue weighted by Gasteiger charge is 2.04.